The number of rotatable bonds is 5. The van der Waals surface area contributed by atoms with Crippen molar-refractivity contribution in [2.24, 2.45) is 5.92 Å². The number of carbonyl (C=O) groups excluding carboxylic acids is 2. The molecule has 38 heavy (non-hydrogen) atoms. The summed E-state index contributed by atoms with van der Waals surface area (Å²) in [5.74, 6) is -1.61. The van der Waals surface area contributed by atoms with E-state index in [2.05, 4.69) is 26.8 Å². The Morgan fingerprint density at radius 1 is 1.11 bits per heavy atom. The number of carbonyl (C=O) groups is 2. The van der Waals surface area contributed by atoms with Gasteiger partial charge in [0.25, 0.3) is 5.91 Å². The van der Waals surface area contributed by atoms with Gasteiger partial charge in [-0.15, -0.1) is 0 Å². The average Bonchev–Trinajstić information content (AvgIpc) is 3.61. The number of fused-ring (bicyclic) bond motifs is 3. The number of nitrogen functional groups attached to an aromatic ring is 1. The molecule has 1 saturated heterocycles. The predicted octanol–water partition coefficient (Wildman–Crippen LogP) is 3.35. The topological polar surface area (TPSA) is 132 Å². The van der Waals surface area contributed by atoms with Gasteiger partial charge in [-0.3, -0.25) is 9.59 Å². The van der Waals surface area contributed by atoms with Gasteiger partial charge in [-0.25, -0.2) is 28.4 Å². The third-order valence-corrected chi connectivity index (χ3v) is 7.19. The van der Waals surface area contributed by atoms with E-state index in [-0.39, 0.29) is 46.4 Å². The fourth-order valence-corrected chi connectivity index (χ4v) is 5.55. The van der Waals surface area contributed by atoms with E-state index in [9.17, 15) is 14.0 Å². The lowest BCUT2D eigenvalue weighted by Crippen LogP contribution is -2.42. The zero-order chi connectivity index (χ0) is 26.6. The van der Waals surface area contributed by atoms with Crippen LogP contribution in [0.15, 0.2) is 55.5 Å². The standard InChI is InChI=1S/C26H22F2N8O2/c1-2-21(37)35-11-13-7-18(35)19(8-13)36-25-22(24(29)31-12-32-25)23(34-36)16-4-3-14(9-17(16)28)26(38)33-20-10-15(27)5-6-30-20/h2-6,9-10,12-13,18-19H,1,7-8,11H2,(H2,29,31,32)(H,30,33,38)/t13-,18+,19+/m1/s1. The van der Waals surface area contributed by atoms with Crippen LogP contribution in [-0.2, 0) is 4.79 Å². The average molecular weight is 517 g/mol. The van der Waals surface area contributed by atoms with E-state index >= 15 is 4.39 Å². The summed E-state index contributed by atoms with van der Waals surface area (Å²) in [6.07, 6.45) is 5.47. The van der Waals surface area contributed by atoms with Crippen LogP contribution in [0.25, 0.3) is 22.3 Å². The highest BCUT2D eigenvalue weighted by Gasteiger charge is 2.48. The second-order valence-electron chi connectivity index (χ2n) is 9.43. The molecular formula is C26H22F2N8O2. The molecule has 3 aromatic heterocycles. The number of hydrogen-bond donors (Lipinski definition) is 2. The summed E-state index contributed by atoms with van der Waals surface area (Å²) in [6, 6.07) is 5.87. The van der Waals surface area contributed by atoms with Gasteiger partial charge in [-0.05, 0) is 49.1 Å². The van der Waals surface area contributed by atoms with Crippen LogP contribution in [0.5, 0.6) is 0 Å². The molecule has 10 nitrogen and oxygen atoms in total. The normalized spacial score (nSPS) is 20.2. The summed E-state index contributed by atoms with van der Waals surface area (Å²) in [4.78, 5) is 39.2. The quantitative estimate of drug-likeness (QED) is 0.389. The molecule has 2 aliphatic rings. The first-order chi connectivity index (χ1) is 18.3. The van der Waals surface area contributed by atoms with Crippen molar-refractivity contribution in [3.8, 4) is 11.3 Å². The minimum atomic E-state index is -0.712. The van der Waals surface area contributed by atoms with Crippen LogP contribution in [0.2, 0.25) is 0 Å². The van der Waals surface area contributed by atoms with Crippen LogP contribution in [-0.4, -0.2) is 54.0 Å². The Morgan fingerprint density at radius 3 is 2.66 bits per heavy atom. The maximum atomic E-state index is 15.5. The Labute approximate surface area is 215 Å². The molecule has 6 rings (SSSR count). The van der Waals surface area contributed by atoms with Gasteiger partial charge in [0.1, 0.15) is 35.3 Å². The molecular weight excluding hydrogens is 494 g/mol. The number of halogens is 2. The lowest BCUT2D eigenvalue weighted by atomic mass is 10.1. The molecule has 1 saturated carbocycles. The fraction of sp³-hybridized carbons (Fsp3) is 0.231. The molecule has 4 aromatic rings. The first kappa shape index (κ1) is 23.6. The fourth-order valence-electron chi connectivity index (χ4n) is 5.55. The SMILES string of the molecule is C=CC(=O)N1C[C@@H]2C[C@H]1[C@@H](n1nc(-c3ccc(C(=O)Nc4cc(F)ccn4)cc3F)c3c(N)ncnc31)C2. The maximum Gasteiger partial charge on any atom is 0.256 e. The van der Waals surface area contributed by atoms with E-state index in [1.54, 1.807) is 9.58 Å². The van der Waals surface area contributed by atoms with Gasteiger partial charge in [0.05, 0.1) is 17.5 Å². The Hall–Kier alpha value is -4.74. The molecule has 2 fully saturated rings. The molecule has 1 aliphatic heterocycles. The highest BCUT2D eigenvalue weighted by molar-refractivity contribution is 6.04. The van der Waals surface area contributed by atoms with E-state index in [1.165, 1.54) is 30.7 Å². The summed E-state index contributed by atoms with van der Waals surface area (Å²) in [5, 5.41) is 7.56. The van der Waals surface area contributed by atoms with Gasteiger partial charge >= 0.3 is 0 Å². The number of amides is 2. The molecule has 12 heteroatoms. The van der Waals surface area contributed by atoms with Crippen molar-refractivity contribution in [1.29, 1.82) is 0 Å². The molecule has 192 valence electrons. The number of aromatic nitrogens is 5. The third kappa shape index (κ3) is 3.85. The Morgan fingerprint density at radius 2 is 1.92 bits per heavy atom. The Balaban J connectivity index is 1.37. The molecule has 0 unspecified atom stereocenters. The number of anilines is 2. The second kappa shape index (κ2) is 8.98. The Kier molecular flexibility index (Phi) is 5.59. The molecule has 1 aromatic carbocycles. The predicted molar refractivity (Wildman–Crippen MR) is 135 cm³/mol. The molecule has 4 heterocycles. The van der Waals surface area contributed by atoms with Crippen LogP contribution < -0.4 is 11.1 Å². The highest BCUT2D eigenvalue weighted by Crippen LogP contribution is 2.46. The molecule has 3 atom stereocenters. The van der Waals surface area contributed by atoms with Crippen LogP contribution in [0.3, 0.4) is 0 Å². The van der Waals surface area contributed by atoms with Gasteiger partial charge in [-0.1, -0.05) is 6.58 Å². The monoisotopic (exact) mass is 516 g/mol. The number of piperidine rings is 1. The largest absolute Gasteiger partial charge is 0.383 e. The van der Waals surface area contributed by atoms with Gasteiger partial charge in [0.15, 0.2) is 5.65 Å². The van der Waals surface area contributed by atoms with Crippen LogP contribution in [0, 0.1) is 17.6 Å². The Bertz CT molecular complexity index is 1620. The molecule has 0 spiro atoms. The van der Waals surface area contributed by atoms with Crippen molar-refractivity contribution in [3.05, 3.63) is 72.7 Å². The first-order valence-electron chi connectivity index (χ1n) is 12.0. The van der Waals surface area contributed by atoms with Crippen molar-refractivity contribution >= 4 is 34.5 Å². The summed E-state index contributed by atoms with van der Waals surface area (Å²) >= 11 is 0. The van der Waals surface area contributed by atoms with Gasteiger partial charge < -0.3 is 16.0 Å². The lowest BCUT2D eigenvalue weighted by Gasteiger charge is -2.32. The van der Waals surface area contributed by atoms with Crippen molar-refractivity contribution in [2.75, 3.05) is 17.6 Å². The number of nitrogens with two attached hydrogens (primary N) is 1. The third-order valence-electron chi connectivity index (χ3n) is 7.19. The van der Waals surface area contributed by atoms with Gasteiger partial charge in [-0.2, -0.15) is 5.10 Å². The summed E-state index contributed by atoms with van der Waals surface area (Å²) < 4.78 is 30.6. The lowest BCUT2D eigenvalue weighted by molar-refractivity contribution is -0.128. The molecule has 1 aliphatic carbocycles. The smallest absolute Gasteiger partial charge is 0.256 e. The number of nitrogens with one attached hydrogen (secondary N) is 1. The number of pyridine rings is 1. The highest BCUT2D eigenvalue weighted by atomic mass is 19.1. The van der Waals surface area contributed by atoms with Crippen molar-refractivity contribution in [2.45, 2.75) is 24.9 Å². The van der Waals surface area contributed by atoms with E-state index in [0.29, 0.717) is 23.5 Å². The van der Waals surface area contributed by atoms with Crippen molar-refractivity contribution < 1.29 is 18.4 Å². The minimum absolute atomic E-state index is 0.00369. The van der Waals surface area contributed by atoms with E-state index in [1.807, 2.05) is 0 Å². The number of likely N-dealkylation sites (tertiary alicyclic amines) is 1. The molecule has 2 bridgehead atoms. The minimum Gasteiger partial charge on any atom is -0.383 e. The molecule has 2 amide bonds. The summed E-state index contributed by atoms with van der Waals surface area (Å²) in [7, 11) is 0. The first-order valence-corrected chi connectivity index (χ1v) is 12.0. The van der Waals surface area contributed by atoms with Crippen molar-refractivity contribution in [1.82, 2.24) is 29.6 Å². The van der Waals surface area contributed by atoms with Crippen LogP contribution in [0.4, 0.5) is 20.4 Å². The van der Waals surface area contributed by atoms with E-state index in [0.717, 1.165) is 31.0 Å². The zero-order valence-corrected chi connectivity index (χ0v) is 20.0. The second-order valence-corrected chi connectivity index (χ2v) is 9.43. The zero-order valence-electron chi connectivity index (χ0n) is 20.0. The molecule has 3 N–H and O–H groups in total. The van der Waals surface area contributed by atoms with Crippen molar-refractivity contribution in [3.63, 3.8) is 0 Å². The summed E-state index contributed by atoms with van der Waals surface area (Å²) in [5.41, 5.74) is 6.99. The maximum absolute atomic E-state index is 15.5. The van der Waals surface area contributed by atoms with E-state index in [4.69, 9.17) is 10.8 Å². The van der Waals surface area contributed by atoms with Crippen LogP contribution >= 0.6 is 0 Å². The summed E-state index contributed by atoms with van der Waals surface area (Å²) in [6.45, 7) is 4.27. The number of benzene rings is 1. The van der Waals surface area contributed by atoms with E-state index < -0.39 is 17.5 Å². The van der Waals surface area contributed by atoms with Gasteiger partial charge in [0.2, 0.25) is 5.91 Å². The number of hydrogen-bond acceptors (Lipinski definition) is 7. The number of nitrogens with zero attached hydrogens (tertiary/aromatic N) is 6. The van der Waals surface area contributed by atoms with Crippen LogP contribution in [0.1, 0.15) is 29.2 Å². The van der Waals surface area contributed by atoms with Gasteiger partial charge in [0, 0.05) is 29.9 Å². The molecule has 0 radical (unpaired) electrons.